The highest BCUT2D eigenvalue weighted by atomic mass is 16.5. The molecular weight excluding hydrogens is 284 g/mol. The van der Waals surface area contributed by atoms with E-state index in [4.69, 9.17) is 4.74 Å². The summed E-state index contributed by atoms with van der Waals surface area (Å²) in [6.07, 6.45) is 1.67. The second kappa shape index (κ2) is 8.24. The monoisotopic (exact) mass is 308 g/mol. The van der Waals surface area contributed by atoms with Crippen molar-refractivity contribution < 1.29 is 4.74 Å². The van der Waals surface area contributed by atoms with Gasteiger partial charge >= 0.3 is 0 Å². The first-order valence-corrected chi connectivity index (χ1v) is 7.96. The lowest BCUT2D eigenvalue weighted by molar-refractivity contribution is 0.305. The zero-order valence-corrected chi connectivity index (χ0v) is 14.1. The third-order valence-electron chi connectivity index (χ3n) is 3.86. The van der Waals surface area contributed by atoms with E-state index in [2.05, 4.69) is 36.1 Å². The molecule has 0 aliphatic carbocycles. The van der Waals surface area contributed by atoms with Gasteiger partial charge in [0.2, 0.25) is 0 Å². The topological polar surface area (TPSA) is 36.3 Å². The molecule has 2 aromatic rings. The summed E-state index contributed by atoms with van der Waals surface area (Å²) in [6.45, 7) is 2.69. The predicted molar refractivity (Wildman–Crippen MR) is 95.0 cm³/mol. The molecule has 0 aliphatic rings. The fourth-order valence-electron chi connectivity index (χ4n) is 2.49. The second-order valence-electron chi connectivity index (χ2n) is 5.97. The molecule has 3 nitrogen and oxygen atoms in total. The number of anilines is 1. The molecule has 2 rings (SSSR count). The van der Waals surface area contributed by atoms with Gasteiger partial charge < -0.3 is 9.64 Å². The number of benzene rings is 2. The molecule has 23 heavy (non-hydrogen) atoms. The third kappa shape index (κ3) is 5.03. The van der Waals surface area contributed by atoms with E-state index in [1.54, 1.807) is 0 Å². The van der Waals surface area contributed by atoms with E-state index in [0.29, 0.717) is 6.61 Å². The van der Waals surface area contributed by atoms with Crippen LogP contribution in [0.1, 0.15) is 29.9 Å². The van der Waals surface area contributed by atoms with Gasteiger partial charge in [0.1, 0.15) is 5.75 Å². The van der Waals surface area contributed by atoms with Crippen molar-refractivity contribution in [1.29, 1.82) is 5.26 Å². The highest BCUT2D eigenvalue weighted by Crippen LogP contribution is 2.23. The third-order valence-corrected chi connectivity index (χ3v) is 3.86. The van der Waals surface area contributed by atoms with E-state index < -0.39 is 0 Å². The Labute approximate surface area is 139 Å². The Balaban J connectivity index is 1.84. The summed E-state index contributed by atoms with van der Waals surface area (Å²) in [7, 11) is 4.03. The Kier molecular flexibility index (Phi) is 6.05. The molecular formula is C20H24N2O. The predicted octanol–water partition coefficient (Wildman–Crippen LogP) is 4.53. The molecule has 0 amide bonds. The summed E-state index contributed by atoms with van der Waals surface area (Å²) in [5.41, 5.74) is 3.42. The Morgan fingerprint density at radius 1 is 1.13 bits per heavy atom. The first-order valence-electron chi connectivity index (χ1n) is 7.96. The molecule has 3 heteroatoms. The normalized spacial score (nSPS) is 11.6. The molecule has 0 aliphatic heterocycles. The fraction of sp³-hybridized carbons (Fsp3) is 0.350. The minimum atomic E-state index is -0.0766. The smallest absolute Gasteiger partial charge is 0.119 e. The van der Waals surface area contributed by atoms with Gasteiger partial charge in [-0.2, -0.15) is 5.26 Å². The Morgan fingerprint density at radius 3 is 2.48 bits per heavy atom. The summed E-state index contributed by atoms with van der Waals surface area (Å²) in [4.78, 5) is 2.06. The van der Waals surface area contributed by atoms with Crippen molar-refractivity contribution in [3.8, 4) is 11.8 Å². The summed E-state index contributed by atoms with van der Waals surface area (Å²) < 4.78 is 5.75. The van der Waals surface area contributed by atoms with E-state index in [9.17, 15) is 5.26 Å². The van der Waals surface area contributed by atoms with Crippen molar-refractivity contribution in [2.24, 2.45) is 0 Å². The second-order valence-corrected chi connectivity index (χ2v) is 5.97. The largest absolute Gasteiger partial charge is 0.494 e. The van der Waals surface area contributed by atoms with Crippen molar-refractivity contribution in [1.82, 2.24) is 0 Å². The summed E-state index contributed by atoms with van der Waals surface area (Å²) >= 11 is 0. The van der Waals surface area contributed by atoms with Gasteiger partial charge in [-0.05, 0) is 55.2 Å². The summed E-state index contributed by atoms with van der Waals surface area (Å²) in [6, 6.07) is 18.7. The molecule has 0 bridgehead atoms. The molecule has 2 aromatic carbocycles. The van der Waals surface area contributed by atoms with Crippen LogP contribution in [0.2, 0.25) is 0 Å². The van der Waals surface area contributed by atoms with Crippen LogP contribution in [0.5, 0.6) is 5.75 Å². The number of nitriles is 1. The van der Waals surface area contributed by atoms with Crippen molar-refractivity contribution in [2.75, 3.05) is 25.6 Å². The lowest BCUT2D eigenvalue weighted by Crippen LogP contribution is -2.08. The van der Waals surface area contributed by atoms with Gasteiger partial charge in [0, 0.05) is 19.8 Å². The SMILES string of the molecule is Cc1cccc(OCCCC(C#N)c2ccc(N(C)C)cc2)c1. The lowest BCUT2D eigenvalue weighted by atomic mass is 9.95. The molecule has 0 saturated heterocycles. The van der Waals surface area contributed by atoms with E-state index in [1.165, 1.54) is 5.56 Å². The number of nitrogens with zero attached hydrogens (tertiary/aromatic N) is 2. The quantitative estimate of drug-likeness (QED) is 0.705. The van der Waals surface area contributed by atoms with Gasteiger partial charge in [-0.3, -0.25) is 0 Å². The highest BCUT2D eigenvalue weighted by molar-refractivity contribution is 5.47. The standard InChI is InChI=1S/C20H24N2O/c1-16-6-4-8-20(14-16)23-13-5-7-18(15-21)17-9-11-19(12-10-17)22(2)3/h4,6,8-12,14,18H,5,7,13H2,1-3H3. The molecule has 0 radical (unpaired) electrons. The van der Waals surface area contributed by atoms with Crippen molar-refractivity contribution in [2.45, 2.75) is 25.7 Å². The Hall–Kier alpha value is -2.47. The van der Waals surface area contributed by atoms with Crippen LogP contribution in [-0.4, -0.2) is 20.7 Å². The van der Waals surface area contributed by atoms with Gasteiger partial charge in [-0.15, -0.1) is 0 Å². The van der Waals surface area contributed by atoms with Crippen molar-refractivity contribution >= 4 is 5.69 Å². The molecule has 0 heterocycles. The summed E-state index contributed by atoms with van der Waals surface area (Å²) in [5, 5.41) is 9.41. The number of rotatable bonds is 7. The van der Waals surface area contributed by atoms with Crippen LogP contribution in [0.25, 0.3) is 0 Å². The maximum absolute atomic E-state index is 9.41. The van der Waals surface area contributed by atoms with Crippen LogP contribution >= 0.6 is 0 Å². The highest BCUT2D eigenvalue weighted by Gasteiger charge is 2.10. The van der Waals surface area contributed by atoms with Gasteiger partial charge in [-0.1, -0.05) is 24.3 Å². The first kappa shape index (κ1) is 16.9. The van der Waals surface area contributed by atoms with E-state index in [1.807, 2.05) is 44.4 Å². The van der Waals surface area contributed by atoms with Crippen LogP contribution in [0.15, 0.2) is 48.5 Å². The van der Waals surface area contributed by atoms with Crippen molar-refractivity contribution in [3.63, 3.8) is 0 Å². The number of ether oxygens (including phenoxy) is 1. The van der Waals surface area contributed by atoms with Crippen LogP contribution in [0.3, 0.4) is 0 Å². The minimum Gasteiger partial charge on any atom is -0.494 e. The Bertz CT molecular complexity index is 656. The number of hydrogen-bond acceptors (Lipinski definition) is 3. The molecule has 1 atom stereocenters. The van der Waals surface area contributed by atoms with Crippen molar-refractivity contribution in [3.05, 3.63) is 59.7 Å². The minimum absolute atomic E-state index is 0.0766. The van der Waals surface area contributed by atoms with Gasteiger partial charge in [0.15, 0.2) is 0 Å². The summed E-state index contributed by atoms with van der Waals surface area (Å²) in [5.74, 6) is 0.821. The first-order chi connectivity index (χ1) is 11.1. The molecule has 0 spiro atoms. The fourth-order valence-corrected chi connectivity index (χ4v) is 2.49. The molecule has 1 unspecified atom stereocenters. The molecule has 0 saturated carbocycles. The zero-order valence-electron chi connectivity index (χ0n) is 14.1. The molecule has 0 fully saturated rings. The molecule has 120 valence electrons. The van der Waals surface area contributed by atoms with Crippen LogP contribution in [0, 0.1) is 18.3 Å². The Morgan fingerprint density at radius 2 is 1.87 bits per heavy atom. The van der Waals surface area contributed by atoms with E-state index >= 15 is 0 Å². The van der Waals surface area contributed by atoms with Gasteiger partial charge in [0.05, 0.1) is 18.6 Å². The van der Waals surface area contributed by atoms with Crippen LogP contribution < -0.4 is 9.64 Å². The zero-order chi connectivity index (χ0) is 16.7. The maximum Gasteiger partial charge on any atom is 0.119 e. The van der Waals surface area contributed by atoms with Gasteiger partial charge in [0.25, 0.3) is 0 Å². The average molecular weight is 308 g/mol. The van der Waals surface area contributed by atoms with E-state index in [0.717, 1.165) is 29.8 Å². The molecule has 0 aromatic heterocycles. The maximum atomic E-state index is 9.41. The average Bonchev–Trinajstić information content (AvgIpc) is 2.55. The van der Waals surface area contributed by atoms with Crippen LogP contribution in [0.4, 0.5) is 5.69 Å². The molecule has 0 N–H and O–H groups in total. The van der Waals surface area contributed by atoms with Gasteiger partial charge in [-0.25, -0.2) is 0 Å². The van der Waals surface area contributed by atoms with E-state index in [-0.39, 0.29) is 5.92 Å². The van der Waals surface area contributed by atoms with Crippen LogP contribution in [-0.2, 0) is 0 Å². The number of hydrogen-bond donors (Lipinski definition) is 0. The lowest BCUT2D eigenvalue weighted by Gasteiger charge is -2.15. The number of aryl methyl sites for hydroxylation is 1.